The molecule has 2 saturated carbocycles. The number of anilines is 1. The Kier molecular flexibility index (Phi) is 4.72. The van der Waals surface area contributed by atoms with Gasteiger partial charge in [0.05, 0.1) is 10.9 Å². The van der Waals surface area contributed by atoms with Crippen LogP contribution in [0, 0.1) is 11.7 Å². The van der Waals surface area contributed by atoms with Crippen LogP contribution in [0.5, 0.6) is 6.01 Å². The lowest BCUT2D eigenvalue weighted by molar-refractivity contribution is 0.107. The van der Waals surface area contributed by atoms with E-state index in [4.69, 9.17) is 21.3 Å². The van der Waals surface area contributed by atoms with Gasteiger partial charge < -0.3 is 9.64 Å². The molecule has 4 heterocycles. The molecule has 0 unspecified atom stereocenters. The Labute approximate surface area is 184 Å². The fraction of sp³-hybridized carbons (Fsp3) is 0.682. The molecule has 2 atom stereocenters. The lowest BCUT2D eigenvalue weighted by atomic mass is 9.95. The fourth-order valence-corrected chi connectivity index (χ4v) is 5.44. The van der Waals surface area contributed by atoms with Gasteiger partial charge in [-0.15, -0.1) is 0 Å². The summed E-state index contributed by atoms with van der Waals surface area (Å²) in [7, 11) is 0. The highest BCUT2D eigenvalue weighted by atomic mass is 35.5. The molecule has 4 aliphatic rings. The first-order valence-corrected chi connectivity index (χ1v) is 11.7. The van der Waals surface area contributed by atoms with Gasteiger partial charge in [-0.1, -0.05) is 11.6 Å². The maximum absolute atomic E-state index is 14.9. The fourth-order valence-electron chi connectivity index (χ4n) is 5.30. The van der Waals surface area contributed by atoms with Gasteiger partial charge in [0.1, 0.15) is 24.1 Å². The van der Waals surface area contributed by atoms with Crippen LogP contribution in [0.2, 0.25) is 5.15 Å². The number of halogens is 3. The van der Waals surface area contributed by atoms with Gasteiger partial charge in [-0.3, -0.25) is 4.90 Å². The molecule has 166 valence electrons. The molecule has 0 radical (unpaired) electrons. The van der Waals surface area contributed by atoms with Gasteiger partial charge in [-0.05, 0) is 51.0 Å². The second kappa shape index (κ2) is 7.37. The summed E-state index contributed by atoms with van der Waals surface area (Å²) in [6.07, 6.45) is 7.77. The molecule has 4 fully saturated rings. The SMILES string of the molecule is Fc1c(Cl)ncc2c(N(CC3CC3)C3CC3)nc(OC[C@@]34CCCN3C[C@H](F)C4)nc12. The molecular weight excluding hydrogens is 424 g/mol. The van der Waals surface area contributed by atoms with Crippen molar-refractivity contribution < 1.29 is 13.5 Å². The summed E-state index contributed by atoms with van der Waals surface area (Å²) in [6, 6.07) is 0.546. The normalized spacial score (nSPS) is 28.3. The molecule has 2 aromatic rings. The average molecular weight is 450 g/mol. The molecule has 31 heavy (non-hydrogen) atoms. The molecule has 0 spiro atoms. The molecule has 2 aromatic heterocycles. The first kappa shape index (κ1) is 19.9. The summed E-state index contributed by atoms with van der Waals surface area (Å²) >= 11 is 5.96. The molecule has 6 rings (SSSR count). The molecule has 0 N–H and O–H groups in total. The van der Waals surface area contributed by atoms with E-state index in [0.29, 0.717) is 42.7 Å². The van der Waals surface area contributed by atoms with Crippen molar-refractivity contribution >= 4 is 28.3 Å². The van der Waals surface area contributed by atoms with Crippen LogP contribution in [-0.4, -0.2) is 63.8 Å². The Morgan fingerprint density at radius 2 is 2.10 bits per heavy atom. The van der Waals surface area contributed by atoms with Crippen LogP contribution in [0.25, 0.3) is 10.9 Å². The minimum Gasteiger partial charge on any atom is -0.461 e. The summed E-state index contributed by atoms with van der Waals surface area (Å²) in [6.45, 7) is 2.56. The predicted molar refractivity (Wildman–Crippen MR) is 114 cm³/mol. The van der Waals surface area contributed by atoms with E-state index in [9.17, 15) is 8.78 Å². The van der Waals surface area contributed by atoms with Gasteiger partial charge in [0.2, 0.25) is 0 Å². The lowest BCUT2D eigenvalue weighted by Crippen LogP contribution is -2.43. The summed E-state index contributed by atoms with van der Waals surface area (Å²) < 4.78 is 35.1. The van der Waals surface area contributed by atoms with Crippen LogP contribution in [-0.2, 0) is 0 Å². The second-order valence-corrected chi connectivity index (χ2v) is 10.0. The molecule has 0 bridgehead atoms. The Hall–Kier alpha value is -1.80. The van der Waals surface area contributed by atoms with Gasteiger partial charge >= 0.3 is 6.01 Å². The van der Waals surface area contributed by atoms with Crippen molar-refractivity contribution in [1.82, 2.24) is 19.9 Å². The van der Waals surface area contributed by atoms with Crippen LogP contribution in [0.15, 0.2) is 6.20 Å². The highest BCUT2D eigenvalue weighted by Gasteiger charge is 2.49. The minimum atomic E-state index is -0.830. The van der Waals surface area contributed by atoms with Crippen molar-refractivity contribution in [2.45, 2.75) is 62.7 Å². The zero-order chi connectivity index (χ0) is 21.2. The quantitative estimate of drug-likeness (QED) is 0.592. The van der Waals surface area contributed by atoms with Gasteiger partial charge in [0, 0.05) is 31.7 Å². The number of aromatic nitrogens is 3. The maximum Gasteiger partial charge on any atom is 0.319 e. The van der Waals surface area contributed by atoms with E-state index >= 15 is 0 Å². The lowest BCUT2D eigenvalue weighted by Gasteiger charge is -2.31. The van der Waals surface area contributed by atoms with Gasteiger partial charge in [-0.25, -0.2) is 13.8 Å². The van der Waals surface area contributed by atoms with Crippen molar-refractivity contribution in [3.8, 4) is 6.01 Å². The third-order valence-corrected chi connectivity index (χ3v) is 7.51. The second-order valence-electron chi connectivity index (χ2n) is 9.65. The highest BCUT2D eigenvalue weighted by molar-refractivity contribution is 6.30. The van der Waals surface area contributed by atoms with E-state index in [1.165, 1.54) is 12.8 Å². The van der Waals surface area contributed by atoms with Crippen molar-refractivity contribution in [3.63, 3.8) is 0 Å². The number of hydrogen-bond donors (Lipinski definition) is 0. The first-order valence-electron chi connectivity index (χ1n) is 11.3. The third kappa shape index (κ3) is 3.61. The average Bonchev–Trinajstić information content (AvgIpc) is 3.66. The number of fused-ring (bicyclic) bond motifs is 2. The molecule has 0 aromatic carbocycles. The van der Waals surface area contributed by atoms with E-state index in [0.717, 1.165) is 38.8 Å². The van der Waals surface area contributed by atoms with Crippen molar-refractivity contribution in [2.75, 3.05) is 31.1 Å². The Morgan fingerprint density at radius 1 is 1.26 bits per heavy atom. The van der Waals surface area contributed by atoms with E-state index in [-0.39, 0.29) is 22.2 Å². The zero-order valence-corrected chi connectivity index (χ0v) is 18.1. The summed E-state index contributed by atoms with van der Waals surface area (Å²) in [5, 5.41) is 0.354. The predicted octanol–water partition coefficient (Wildman–Crippen LogP) is 4.15. The van der Waals surface area contributed by atoms with Crippen molar-refractivity contribution in [1.29, 1.82) is 0 Å². The molecule has 0 amide bonds. The van der Waals surface area contributed by atoms with Gasteiger partial charge in [0.15, 0.2) is 11.0 Å². The first-order chi connectivity index (χ1) is 15.0. The highest BCUT2D eigenvalue weighted by Crippen LogP contribution is 2.42. The van der Waals surface area contributed by atoms with Gasteiger partial charge in [-0.2, -0.15) is 9.97 Å². The summed E-state index contributed by atoms with van der Waals surface area (Å²) in [5.74, 6) is 0.680. The Balaban J connectivity index is 1.36. The molecule has 2 aliphatic heterocycles. The number of nitrogens with zero attached hydrogens (tertiary/aromatic N) is 5. The molecule has 2 saturated heterocycles. The van der Waals surface area contributed by atoms with E-state index < -0.39 is 12.0 Å². The monoisotopic (exact) mass is 449 g/mol. The summed E-state index contributed by atoms with van der Waals surface area (Å²) in [4.78, 5) is 17.6. The van der Waals surface area contributed by atoms with Crippen LogP contribution in [0.4, 0.5) is 14.6 Å². The van der Waals surface area contributed by atoms with Crippen LogP contribution in [0.3, 0.4) is 0 Å². The summed E-state index contributed by atoms with van der Waals surface area (Å²) in [5.41, 5.74) is -0.173. The smallest absolute Gasteiger partial charge is 0.319 e. The maximum atomic E-state index is 14.9. The molecule has 6 nitrogen and oxygen atoms in total. The van der Waals surface area contributed by atoms with E-state index in [1.54, 1.807) is 6.20 Å². The minimum absolute atomic E-state index is 0.133. The van der Waals surface area contributed by atoms with Crippen LogP contribution in [0.1, 0.15) is 44.9 Å². The van der Waals surface area contributed by atoms with Crippen molar-refractivity contribution in [3.05, 3.63) is 17.2 Å². The molecular formula is C22H26ClF2N5O. The number of pyridine rings is 1. The molecule has 9 heteroatoms. The number of ether oxygens (including phenoxy) is 1. The van der Waals surface area contributed by atoms with E-state index in [1.807, 2.05) is 0 Å². The zero-order valence-electron chi connectivity index (χ0n) is 17.4. The van der Waals surface area contributed by atoms with E-state index in [2.05, 4.69) is 19.8 Å². The third-order valence-electron chi connectivity index (χ3n) is 7.24. The molecule has 2 aliphatic carbocycles. The largest absolute Gasteiger partial charge is 0.461 e. The van der Waals surface area contributed by atoms with Crippen LogP contribution >= 0.6 is 11.6 Å². The number of alkyl halides is 1. The topological polar surface area (TPSA) is 54.4 Å². The standard InChI is InChI=1S/C22H26ClF2N5O/c23-19-17(25)18-16(9-26-19)20(30(15-4-5-15)10-13-2-3-13)28-21(27-18)31-12-22-6-1-7-29(22)11-14(24)8-22/h9,13-15H,1-8,10-12H2/t14-,22+/m1/s1. The van der Waals surface area contributed by atoms with Crippen LogP contribution < -0.4 is 9.64 Å². The number of hydrogen-bond acceptors (Lipinski definition) is 6. The number of rotatable bonds is 7. The van der Waals surface area contributed by atoms with Gasteiger partial charge in [0.25, 0.3) is 0 Å². The van der Waals surface area contributed by atoms with Crippen molar-refractivity contribution in [2.24, 2.45) is 5.92 Å². The Bertz CT molecular complexity index is 1020. The Morgan fingerprint density at radius 3 is 2.87 bits per heavy atom.